The number of nitrogens with one attached hydrogen (secondary N) is 1. The van der Waals surface area contributed by atoms with E-state index in [4.69, 9.17) is 4.89 Å². The first-order chi connectivity index (χ1) is 3.71. The van der Waals surface area contributed by atoms with E-state index < -0.39 is 15.3 Å². The molecule has 9 heavy (non-hydrogen) atoms. The summed E-state index contributed by atoms with van der Waals surface area (Å²) in [5, 5.41) is 0. The minimum absolute atomic E-state index is 1.46. The van der Waals surface area contributed by atoms with E-state index in [9.17, 15) is 9.13 Å². The van der Waals surface area contributed by atoms with Crippen molar-refractivity contribution in [2.24, 2.45) is 16.5 Å². The summed E-state index contributed by atoms with van der Waals surface area (Å²) in [6.45, 7) is 0. The van der Waals surface area contributed by atoms with Crippen LogP contribution in [0, 0.1) is 0 Å². The van der Waals surface area contributed by atoms with Crippen molar-refractivity contribution in [1.82, 2.24) is 4.86 Å². The standard InChI is InChI=1S/H8N4O3P2/c1-8(2,5)4-9(3,6)7/h(H8,1,2,3,4,5,6,7). The molecule has 1 atom stereocenters. The first-order valence-electron chi connectivity index (χ1n) is 1.79. The molecule has 0 aromatic rings. The van der Waals surface area contributed by atoms with Gasteiger partial charge < -0.3 is 4.89 Å². The highest BCUT2D eigenvalue weighted by molar-refractivity contribution is 7.70. The normalized spacial score (nSPS) is 19.1. The summed E-state index contributed by atoms with van der Waals surface area (Å²) < 4.78 is 20.4. The van der Waals surface area contributed by atoms with Crippen LogP contribution >= 0.6 is 15.3 Å². The minimum atomic E-state index is -4.05. The maximum absolute atomic E-state index is 10.3. The predicted molar refractivity (Wildman–Crippen MR) is 33.1 cm³/mol. The van der Waals surface area contributed by atoms with Gasteiger partial charge >= 0.3 is 7.67 Å². The number of nitrogens with two attached hydrogens (primary N) is 3. The summed E-state index contributed by atoms with van der Waals surface area (Å²) in [6.07, 6.45) is 0. The van der Waals surface area contributed by atoms with Crippen molar-refractivity contribution in [1.29, 1.82) is 0 Å². The molecule has 0 bridgehead atoms. The molecular weight excluding hydrogens is 166 g/mol. The highest BCUT2D eigenvalue weighted by atomic mass is 31.2. The molecule has 8 N–H and O–H groups in total. The molecule has 0 aliphatic heterocycles. The molecule has 0 aromatic heterocycles. The van der Waals surface area contributed by atoms with Gasteiger partial charge in [-0.3, -0.25) is 20.1 Å². The fourth-order valence-electron chi connectivity index (χ4n) is 0.224. The van der Waals surface area contributed by atoms with Crippen molar-refractivity contribution in [3.63, 3.8) is 0 Å². The van der Waals surface area contributed by atoms with E-state index in [1.165, 1.54) is 4.86 Å². The van der Waals surface area contributed by atoms with E-state index in [1.807, 2.05) is 0 Å². The van der Waals surface area contributed by atoms with Gasteiger partial charge in [-0.2, -0.15) is 4.86 Å². The van der Waals surface area contributed by atoms with Crippen molar-refractivity contribution >= 4 is 15.3 Å². The first-order valence-corrected chi connectivity index (χ1v) is 5.36. The summed E-state index contributed by atoms with van der Waals surface area (Å²) in [5.74, 6) is 0. The van der Waals surface area contributed by atoms with Crippen molar-refractivity contribution in [3.05, 3.63) is 0 Å². The Morgan fingerprint density at radius 2 is 1.56 bits per heavy atom. The number of hydrogen-bond donors (Lipinski definition) is 5. The van der Waals surface area contributed by atoms with Gasteiger partial charge in [0.1, 0.15) is 0 Å². The Balaban J connectivity index is 4.07. The van der Waals surface area contributed by atoms with Crippen LogP contribution < -0.4 is 21.4 Å². The molecule has 56 valence electrons. The van der Waals surface area contributed by atoms with E-state index in [2.05, 4.69) is 16.5 Å². The second-order valence-corrected chi connectivity index (χ2v) is 4.90. The van der Waals surface area contributed by atoms with Crippen LogP contribution in [-0.2, 0) is 9.13 Å². The van der Waals surface area contributed by atoms with Crippen LogP contribution in [-0.4, -0.2) is 4.89 Å². The van der Waals surface area contributed by atoms with Gasteiger partial charge in [-0.25, -0.2) is 5.50 Å². The molecule has 0 amide bonds. The smallest absolute Gasteiger partial charge is 0.322 e. The Bertz CT molecular complexity index is 154. The summed E-state index contributed by atoms with van der Waals surface area (Å²) in [5.41, 5.74) is 13.8. The monoisotopic (exact) mass is 174 g/mol. The lowest BCUT2D eigenvalue weighted by atomic mass is 13.8. The van der Waals surface area contributed by atoms with Crippen LogP contribution in [0.2, 0.25) is 0 Å². The molecule has 0 rings (SSSR count). The molecule has 0 aromatic carbocycles. The van der Waals surface area contributed by atoms with E-state index in [1.54, 1.807) is 0 Å². The van der Waals surface area contributed by atoms with E-state index in [-0.39, 0.29) is 0 Å². The Hall–Kier alpha value is 0.260. The van der Waals surface area contributed by atoms with Crippen LogP contribution in [0.5, 0.6) is 0 Å². The SMILES string of the molecule is NP(N)(=O)NP(N)(=O)O. The Labute approximate surface area is 51.7 Å². The van der Waals surface area contributed by atoms with Crippen molar-refractivity contribution in [2.45, 2.75) is 0 Å². The average Bonchev–Trinajstić information content (AvgIpc) is 1.14. The second-order valence-electron chi connectivity index (χ2n) is 1.43. The fourth-order valence-corrected chi connectivity index (χ4v) is 2.02. The largest absolute Gasteiger partial charge is 0.343 e. The molecule has 9 heteroatoms. The summed E-state index contributed by atoms with van der Waals surface area (Å²) >= 11 is 0. The molecule has 0 fully saturated rings. The van der Waals surface area contributed by atoms with Gasteiger partial charge in [-0.15, -0.1) is 0 Å². The van der Waals surface area contributed by atoms with Crippen LogP contribution in [0.15, 0.2) is 0 Å². The molecule has 0 spiro atoms. The van der Waals surface area contributed by atoms with E-state index in [0.717, 1.165) is 0 Å². The zero-order valence-electron chi connectivity index (χ0n) is 4.39. The Morgan fingerprint density at radius 3 is 1.56 bits per heavy atom. The highest BCUT2D eigenvalue weighted by Crippen LogP contribution is 2.36. The van der Waals surface area contributed by atoms with Gasteiger partial charge in [0.25, 0.3) is 7.59 Å². The summed E-state index contributed by atoms with van der Waals surface area (Å²) in [6, 6.07) is 0. The van der Waals surface area contributed by atoms with Gasteiger partial charge in [0.05, 0.1) is 0 Å². The molecule has 7 nitrogen and oxygen atoms in total. The Kier molecular flexibility index (Phi) is 2.55. The lowest BCUT2D eigenvalue weighted by molar-refractivity contribution is 0.473. The molecular formula is H8N4O3P2. The van der Waals surface area contributed by atoms with Crippen molar-refractivity contribution < 1.29 is 14.0 Å². The van der Waals surface area contributed by atoms with Gasteiger partial charge in [-0.1, -0.05) is 0 Å². The molecule has 0 heterocycles. The molecule has 1 unspecified atom stereocenters. The molecule has 0 aliphatic rings. The molecule has 0 aliphatic carbocycles. The lowest BCUT2D eigenvalue weighted by Crippen LogP contribution is -2.22. The first kappa shape index (κ1) is 9.26. The average molecular weight is 174 g/mol. The van der Waals surface area contributed by atoms with E-state index >= 15 is 0 Å². The third-order valence-corrected chi connectivity index (χ3v) is 2.70. The third kappa shape index (κ3) is 8.26. The highest BCUT2D eigenvalue weighted by Gasteiger charge is 2.19. The minimum Gasteiger partial charge on any atom is -0.322 e. The number of hydrogen-bond acceptors (Lipinski definition) is 2. The summed E-state index contributed by atoms with van der Waals surface area (Å²) in [4.78, 5) is 9.70. The van der Waals surface area contributed by atoms with Gasteiger partial charge in [0.2, 0.25) is 0 Å². The summed E-state index contributed by atoms with van der Waals surface area (Å²) in [7, 11) is -7.73. The zero-order chi connectivity index (χ0) is 7.71. The van der Waals surface area contributed by atoms with Gasteiger partial charge in [0.15, 0.2) is 0 Å². The van der Waals surface area contributed by atoms with Crippen LogP contribution in [0.3, 0.4) is 0 Å². The predicted octanol–water partition coefficient (Wildman–Crippen LogP) is -1.34. The zero-order valence-corrected chi connectivity index (χ0v) is 6.18. The number of rotatable bonds is 2. The fraction of sp³-hybridized carbons (Fsp3) is 0. The van der Waals surface area contributed by atoms with Crippen LogP contribution in [0.4, 0.5) is 0 Å². The van der Waals surface area contributed by atoms with Gasteiger partial charge in [-0.05, 0) is 0 Å². The van der Waals surface area contributed by atoms with Crippen LogP contribution in [0.25, 0.3) is 0 Å². The van der Waals surface area contributed by atoms with Gasteiger partial charge in [0, 0.05) is 0 Å². The topological polar surface area (TPSA) is 144 Å². The Morgan fingerprint density at radius 1 is 1.22 bits per heavy atom. The van der Waals surface area contributed by atoms with Crippen molar-refractivity contribution in [2.75, 3.05) is 0 Å². The maximum Gasteiger partial charge on any atom is 0.343 e. The quantitative estimate of drug-likeness (QED) is 0.325. The van der Waals surface area contributed by atoms with Crippen molar-refractivity contribution in [3.8, 4) is 0 Å². The maximum atomic E-state index is 10.3. The molecule has 0 radical (unpaired) electrons. The van der Waals surface area contributed by atoms with Crippen LogP contribution in [0.1, 0.15) is 0 Å². The molecule has 0 saturated carbocycles. The third-order valence-electron chi connectivity index (χ3n) is 0.300. The lowest BCUT2D eigenvalue weighted by Gasteiger charge is -2.09. The van der Waals surface area contributed by atoms with E-state index in [0.29, 0.717) is 0 Å². The molecule has 0 saturated heterocycles. The second kappa shape index (κ2) is 2.48.